The first-order valence-electron chi connectivity index (χ1n) is 4.63. The summed E-state index contributed by atoms with van der Waals surface area (Å²) in [4.78, 5) is 8.32. The molecule has 1 aromatic heterocycles. The average Bonchev–Trinajstić information content (AvgIpc) is 2.39. The number of hydrogen-bond acceptors (Lipinski definition) is 4. The summed E-state index contributed by atoms with van der Waals surface area (Å²) >= 11 is 0. The number of benzene rings is 1. The molecule has 0 unspecified atom stereocenters. The van der Waals surface area contributed by atoms with Gasteiger partial charge in [-0.25, -0.2) is 9.97 Å². The highest BCUT2D eigenvalue weighted by molar-refractivity contribution is 7.34. The molecule has 0 N–H and O–H groups in total. The maximum Gasteiger partial charge on any atom is 0.192 e. The average molecular weight is 232 g/mol. The lowest BCUT2D eigenvalue weighted by molar-refractivity contribution is 0.411. The highest BCUT2D eigenvalue weighted by Crippen LogP contribution is 2.15. The molecule has 80 valence electrons. The minimum absolute atomic E-state index is 0.0196. The van der Waals surface area contributed by atoms with E-state index < -0.39 is 0 Å². The summed E-state index contributed by atoms with van der Waals surface area (Å²) in [6, 6.07) is 7.22. The van der Waals surface area contributed by atoms with Crippen LogP contribution in [0.4, 0.5) is 0 Å². The number of aromatic nitrogens is 2. The molecule has 0 saturated heterocycles. The van der Waals surface area contributed by atoms with E-state index in [1.54, 1.807) is 31.6 Å². The molecule has 4 nitrogen and oxygen atoms in total. The molecule has 2 aromatic rings. The van der Waals surface area contributed by atoms with Crippen molar-refractivity contribution in [3.8, 4) is 17.1 Å². The summed E-state index contributed by atoms with van der Waals surface area (Å²) in [5.74, 6) is 1.24. The van der Waals surface area contributed by atoms with E-state index in [1.807, 2.05) is 12.1 Å². The molecule has 0 saturated carbocycles. The van der Waals surface area contributed by atoms with Crippen LogP contribution in [-0.2, 0) is 4.57 Å². The third kappa shape index (κ3) is 2.23. The molecular formula is C11H9N2O2P. The minimum atomic E-state index is 0.0196. The van der Waals surface area contributed by atoms with Crippen molar-refractivity contribution >= 4 is 13.8 Å². The summed E-state index contributed by atoms with van der Waals surface area (Å²) in [6.45, 7) is 0. The van der Waals surface area contributed by atoms with E-state index >= 15 is 0 Å². The SMILES string of the molecule is COc1cnc(-c2ccc(P=O)cc2)nc1. The quantitative estimate of drug-likeness (QED) is 0.760. The molecule has 0 fully saturated rings. The van der Waals surface area contributed by atoms with Crippen LogP contribution in [0.3, 0.4) is 0 Å². The van der Waals surface area contributed by atoms with Crippen LogP contribution in [-0.4, -0.2) is 17.1 Å². The van der Waals surface area contributed by atoms with Crippen molar-refractivity contribution in [3.05, 3.63) is 36.7 Å². The molecule has 0 aliphatic rings. The predicted octanol–water partition coefficient (Wildman–Crippen LogP) is 2.07. The van der Waals surface area contributed by atoms with E-state index in [4.69, 9.17) is 4.74 Å². The van der Waals surface area contributed by atoms with Crippen LogP contribution in [0.25, 0.3) is 11.4 Å². The molecule has 0 bridgehead atoms. The lowest BCUT2D eigenvalue weighted by atomic mass is 10.2. The summed E-state index contributed by atoms with van der Waals surface area (Å²) in [5, 5.41) is 0.734. The van der Waals surface area contributed by atoms with Gasteiger partial charge in [0.1, 0.15) is 0 Å². The summed E-state index contributed by atoms with van der Waals surface area (Å²) in [5.41, 5.74) is 0.884. The molecule has 0 aliphatic carbocycles. The molecule has 1 aromatic carbocycles. The van der Waals surface area contributed by atoms with E-state index in [0.29, 0.717) is 11.6 Å². The number of rotatable bonds is 3. The van der Waals surface area contributed by atoms with E-state index in [0.717, 1.165) is 10.9 Å². The standard InChI is InChI=1S/C11H9N2O2P/c1-15-9-6-12-11(13-7-9)8-2-4-10(16-14)5-3-8/h2-7H,1H3. The second-order valence-corrected chi connectivity index (χ2v) is 3.78. The highest BCUT2D eigenvalue weighted by atomic mass is 31.1. The number of hydrogen-bond donors (Lipinski definition) is 0. The molecule has 0 amide bonds. The Kier molecular flexibility index (Phi) is 3.22. The molecule has 16 heavy (non-hydrogen) atoms. The van der Waals surface area contributed by atoms with Gasteiger partial charge in [-0.2, -0.15) is 0 Å². The van der Waals surface area contributed by atoms with Gasteiger partial charge >= 0.3 is 0 Å². The maximum absolute atomic E-state index is 10.6. The van der Waals surface area contributed by atoms with Gasteiger partial charge in [-0.15, -0.1) is 0 Å². The minimum Gasteiger partial charge on any atom is -0.494 e. The van der Waals surface area contributed by atoms with Crippen LogP contribution in [0, 0.1) is 0 Å². The molecule has 0 spiro atoms. The van der Waals surface area contributed by atoms with Crippen LogP contribution >= 0.6 is 8.46 Å². The largest absolute Gasteiger partial charge is 0.494 e. The van der Waals surface area contributed by atoms with Crippen LogP contribution in [0.5, 0.6) is 5.75 Å². The predicted molar refractivity (Wildman–Crippen MR) is 61.3 cm³/mol. The number of ether oxygens (including phenoxy) is 1. The van der Waals surface area contributed by atoms with Crippen molar-refractivity contribution < 1.29 is 9.30 Å². The topological polar surface area (TPSA) is 52.1 Å². The van der Waals surface area contributed by atoms with Gasteiger partial charge in [-0.3, -0.25) is 4.57 Å². The fourth-order valence-electron chi connectivity index (χ4n) is 1.24. The van der Waals surface area contributed by atoms with Crippen molar-refractivity contribution in [2.24, 2.45) is 0 Å². The Bertz CT molecular complexity index is 482. The Morgan fingerprint density at radius 3 is 2.25 bits per heavy atom. The van der Waals surface area contributed by atoms with Crippen molar-refractivity contribution in [2.45, 2.75) is 0 Å². The summed E-state index contributed by atoms with van der Waals surface area (Å²) in [7, 11) is 1.59. The second kappa shape index (κ2) is 4.81. The zero-order valence-corrected chi connectivity index (χ0v) is 9.52. The Morgan fingerprint density at radius 2 is 1.75 bits per heavy atom. The zero-order chi connectivity index (χ0) is 11.4. The third-order valence-electron chi connectivity index (χ3n) is 2.09. The van der Waals surface area contributed by atoms with E-state index in [-0.39, 0.29) is 8.46 Å². The third-order valence-corrected chi connectivity index (χ3v) is 2.60. The Morgan fingerprint density at radius 1 is 1.12 bits per heavy atom. The second-order valence-electron chi connectivity index (χ2n) is 3.08. The van der Waals surface area contributed by atoms with Gasteiger partial charge < -0.3 is 4.74 Å². The summed E-state index contributed by atoms with van der Waals surface area (Å²) in [6.07, 6.45) is 3.23. The van der Waals surface area contributed by atoms with Gasteiger partial charge in [0.15, 0.2) is 20.0 Å². The fourth-order valence-corrected chi connectivity index (χ4v) is 1.51. The monoisotopic (exact) mass is 232 g/mol. The Hall–Kier alpha value is -1.80. The van der Waals surface area contributed by atoms with Gasteiger partial charge in [0.2, 0.25) is 0 Å². The lowest BCUT2D eigenvalue weighted by Crippen LogP contribution is -1.93. The van der Waals surface area contributed by atoms with Gasteiger partial charge in [0.05, 0.1) is 19.5 Å². The number of nitrogens with zero attached hydrogens (tertiary/aromatic N) is 2. The van der Waals surface area contributed by atoms with Crippen LogP contribution in [0.1, 0.15) is 0 Å². The molecule has 0 atom stereocenters. The van der Waals surface area contributed by atoms with Crippen LogP contribution < -0.4 is 10.0 Å². The maximum atomic E-state index is 10.6. The number of methoxy groups -OCH3 is 1. The van der Waals surface area contributed by atoms with E-state index in [9.17, 15) is 4.57 Å². The van der Waals surface area contributed by atoms with Gasteiger partial charge in [0.25, 0.3) is 0 Å². The first-order chi connectivity index (χ1) is 7.83. The lowest BCUT2D eigenvalue weighted by Gasteiger charge is -2.01. The molecule has 0 radical (unpaired) electrons. The first-order valence-corrected chi connectivity index (χ1v) is 5.44. The molecule has 5 heteroatoms. The van der Waals surface area contributed by atoms with Crippen molar-refractivity contribution in [1.29, 1.82) is 0 Å². The Balaban J connectivity index is 2.31. The zero-order valence-electron chi connectivity index (χ0n) is 8.62. The normalized spacial score (nSPS) is 10.3. The Labute approximate surface area is 94.5 Å². The smallest absolute Gasteiger partial charge is 0.192 e. The van der Waals surface area contributed by atoms with E-state index in [2.05, 4.69) is 9.97 Å². The molecule has 0 aliphatic heterocycles. The van der Waals surface area contributed by atoms with Gasteiger partial charge in [-0.1, -0.05) is 12.1 Å². The van der Waals surface area contributed by atoms with Crippen molar-refractivity contribution in [3.63, 3.8) is 0 Å². The van der Waals surface area contributed by atoms with Crippen molar-refractivity contribution in [2.75, 3.05) is 7.11 Å². The van der Waals surface area contributed by atoms with Crippen LogP contribution in [0.2, 0.25) is 0 Å². The molecule has 2 rings (SSSR count). The fraction of sp³-hybridized carbons (Fsp3) is 0.0909. The molecule has 1 heterocycles. The first kappa shape index (κ1) is 10.7. The van der Waals surface area contributed by atoms with E-state index in [1.165, 1.54) is 0 Å². The van der Waals surface area contributed by atoms with Gasteiger partial charge in [-0.05, 0) is 12.1 Å². The highest BCUT2D eigenvalue weighted by Gasteiger charge is 2.01. The van der Waals surface area contributed by atoms with Crippen molar-refractivity contribution in [1.82, 2.24) is 9.97 Å². The summed E-state index contributed by atoms with van der Waals surface area (Å²) < 4.78 is 15.6. The molecular weight excluding hydrogens is 223 g/mol. The van der Waals surface area contributed by atoms with Gasteiger partial charge in [0, 0.05) is 10.9 Å². The van der Waals surface area contributed by atoms with Crippen LogP contribution in [0.15, 0.2) is 36.7 Å².